The van der Waals surface area contributed by atoms with E-state index in [4.69, 9.17) is 11.6 Å². The van der Waals surface area contributed by atoms with Gasteiger partial charge in [-0.05, 0) is 81.8 Å². The molecule has 29 heavy (non-hydrogen) atoms. The summed E-state index contributed by atoms with van der Waals surface area (Å²) in [5.41, 5.74) is 2.67. The summed E-state index contributed by atoms with van der Waals surface area (Å²) in [5, 5.41) is 3.87. The minimum absolute atomic E-state index is 0.399. The molecule has 2 aliphatic heterocycles. The van der Waals surface area contributed by atoms with Crippen LogP contribution in [0.1, 0.15) is 34.7 Å². The Morgan fingerprint density at radius 2 is 1.76 bits per heavy atom. The Morgan fingerprint density at radius 1 is 1.10 bits per heavy atom. The monoisotopic (exact) mass is 453 g/mol. The number of hydrogen-bond acceptors (Lipinski definition) is 5. The SMILES string of the molecule is Cc1nc(CN2CC[C@@H]3CN(S(=O)(=O)c4cc(C)c(Cl)cc4C)C[C@@H]3CC2)cs1. The van der Waals surface area contributed by atoms with Gasteiger partial charge in [-0.3, -0.25) is 4.90 Å². The number of halogens is 1. The second-order valence-corrected chi connectivity index (χ2v) is 11.8. The number of rotatable bonds is 4. The molecule has 2 aliphatic rings. The quantitative estimate of drug-likeness (QED) is 0.694. The molecule has 0 spiro atoms. The maximum absolute atomic E-state index is 13.3. The van der Waals surface area contributed by atoms with Gasteiger partial charge >= 0.3 is 0 Å². The normalized spacial score (nSPS) is 23.9. The fourth-order valence-corrected chi connectivity index (χ4v) is 7.26. The van der Waals surface area contributed by atoms with Gasteiger partial charge in [-0.2, -0.15) is 4.31 Å². The molecule has 2 saturated heterocycles. The van der Waals surface area contributed by atoms with Gasteiger partial charge in [0.1, 0.15) is 0 Å². The van der Waals surface area contributed by atoms with Crippen LogP contribution in [0.2, 0.25) is 5.02 Å². The van der Waals surface area contributed by atoms with Crippen molar-refractivity contribution in [1.29, 1.82) is 0 Å². The Hall–Kier alpha value is -0.990. The summed E-state index contributed by atoms with van der Waals surface area (Å²) < 4.78 is 28.3. The molecule has 2 aromatic rings. The second kappa shape index (κ2) is 8.27. The zero-order valence-electron chi connectivity index (χ0n) is 17.2. The Bertz CT molecular complexity index is 989. The first-order valence-corrected chi connectivity index (χ1v) is 12.8. The lowest BCUT2D eigenvalue weighted by molar-refractivity contribution is 0.263. The zero-order chi connectivity index (χ0) is 20.8. The lowest BCUT2D eigenvalue weighted by Gasteiger charge is -2.22. The average molecular weight is 454 g/mol. The standard InChI is InChI=1S/C21H28ClN3O2S2/c1-14-9-21(15(2)8-20(14)22)29(26,27)25-10-17-4-6-24(7-5-18(17)11-25)12-19-13-28-16(3)23-19/h8-9,13,17-18H,4-7,10-12H2,1-3H3/t17-,18+. The third kappa shape index (κ3) is 4.39. The summed E-state index contributed by atoms with van der Waals surface area (Å²) in [7, 11) is -3.49. The van der Waals surface area contributed by atoms with E-state index in [9.17, 15) is 8.42 Å². The molecule has 2 atom stereocenters. The smallest absolute Gasteiger partial charge is 0.243 e. The number of nitrogens with zero attached hydrogens (tertiary/aromatic N) is 3. The second-order valence-electron chi connectivity index (χ2n) is 8.42. The van der Waals surface area contributed by atoms with Gasteiger partial charge in [0.2, 0.25) is 10.0 Å². The molecule has 0 amide bonds. The maximum Gasteiger partial charge on any atom is 0.243 e. The van der Waals surface area contributed by atoms with Crippen LogP contribution in [-0.2, 0) is 16.6 Å². The van der Waals surface area contributed by atoms with E-state index in [1.165, 1.54) is 0 Å². The van der Waals surface area contributed by atoms with Crippen LogP contribution in [0.25, 0.3) is 0 Å². The predicted octanol–water partition coefficient (Wildman–Crippen LogP) is 4.25. The predicted molar refractivity (Wildman–Crippen MR) is 118 cm³/mol. The van der Waals surface area contributed by atoms with Crippen molar-refractivity contribution in [2.45, 2.75) is 45.1 Å². The van der Waals surface area contributed by atoms with Gasteiger partial charge in [0.25, 0.3) is 0 Å². The molecule has 8 heteroatoms. The zero-order valence-corrected chi connectivity index (χ0v) is 19.6. The number of fused-ring (bicyclic) bond motifs is 1. The van der Waals surface area contributed by atoms with E-state index in [1.807, 2.05) is 20.8 Å². The molecular formula is C21H28ClN3O2S2. The summed E-state index contributed by atoms with van der Waals surface area (Å²) in [6.07, 6.45) is 2.08. The minimum atomic E-state index is -3.49. The van der Waals surface area contributed by atoms with Crippen molar-refractivity contribution in [3.63, 3.8) is 0 Å². The Labute approximate surface area is 182 Å². The van der Waals surface area contributed by atoms with Crippen LogP contribution >= 0.6 is 22.9 Å². The lowest BCUT2D eigenvalue weighted by atomic mass is 9.92. The van der Waals surface area contributed by atoms with Crippen LogP contribution in [0.5, 0.6) is 0 Å². The van der Waals surface area contributed by atoms with Gasteiger partial charge in [0.15, 0.2) is 0 Å². The molecule has 5 nitrogen and oxygen atoms in total. The fraction of sp³-hybridized carbons (Fsp3) is 0.571. The van der Waals surface area contributed by atoms with Gasteiger partial charge < -0.3 is 0 Å². The average Bonchev–Trinajstić information content (AvgIpc) is 3.22. The molecule has 1 aromatic carbocycles. The van der Waals surface area contributed by atoms with Crippen molar-refractivity contribution in [3.8, 4) is 0 Å². The van der Waals surface area contributed by atoms with Crippen molar-refractivity contribution in [3.05, 3.63) is 44.4 Å². The summed E-state index contributed by atoms with van der Waals surface area (Å²) in [6, 6.07) is 3.48. The Morgan fingerprint density at radius 3 is 2.34 bits per heavy atom. The summed E-state index contributed by atoms with van der Waals surface area (Å²) in [5.74, 6) is 0.862. The highest BCUT2D eigenvalue weighted by atomic mass is 35.5. The number of aryl methyl sites for hydroxylation is 3. The van der Waals surface area contributed by atoms with Crippen LogP contribution in [-0.4, -0.2) is 48.8 Å². The molecule has 2 fully saturated rings. The summed E-state index contributed by atoms with van der Waals surface area (Å²) in [4.78, 5) is 7.46. The first kappa shape index (κ1) is 21.2. The largest absolute Gasteiger partial charge is 0.297 e. The van der Waals surface area contributed by atoms with E-state index in [2.05, 4.69) is 15.3 Å². The van der Waals surface area contributed by atoms with Gasteiger partial charge in [0, 0.05) is 30.0 Å². The molecule has 0 bridgehead atoms. The highest BCUT2D eigenvalue weighted by molar-refractivity contribution is 7.89. The van der Waals surface area contributed by atoms with E-state index in [0.29, 0.717) is 34.8 Å². The van der Waals surface area contributed by atoms with E-state index in [1.54, 1.807) is 27.8 Å². The highest BCUT2D eigenvalue weighted by Gasteiger charge is 2.40. The van der Waals surface area contributed by atoms with E-state index in [-0.39, 0.29) is 0 Å². The van der Waals surface area contributed by atoms with Crippen LogP contribution in [0.15, 0.2) is 22.4 Å². The lowest BCUT2D eigenvalue weighted by Crippen LogP contribution is -2.31. The number of benzene rings is 1. The number of likely N-dealkylation sites (tertiary alicyclic amines) is 1. The Balaban J connectivity index is 1.44. The maximum atomic E-state index is 13.3. The molecule has 4 rings (SSSR count). The van der Waals surface area contributed by atoms with Gasteiger partial charge in [-0.1, -0.05) is 11.6 Å². The molecule has 3 heterocycles. The summed E-state index contributed by atoms with van der Waals surface area (Å²) >= 11 is 7.87. The number of thiazole rings is 1. The van der Waals surface area contributed by atoms with Gasteiger partial charge in [-0.15, -0.1) is 11.3 Å². The number of hydrogen-bond donors (Lipinski definition) is 0. The minimum Gasteiger partial charge on any atom is -0.297 e. The van der Waals surface area contributed by atoms with E-state index >= 15 is 0 Å². The van der Waals surface area contributed by atoms with E-state index in [0.717, 1.165) is 54.3 Å². The molecule has 0 saturated carbocycles. The molecule has 0 aliphatic carbocycles. The molecule has 0 unspecified atom stereocenters. The molecular weight excluding hydrogens is 426 g/mol. The van der Waals surface area contributed by atoms with Crippen molar-refractivity contribution in [1.82, 2.24) is 14.2 Å². The first-order chi connectivity index (χ1) is 13.7. The van der Waals surface area contributed by atoms with Crippen molar-refractivity contribution >= 4 is 33.0 Å². The van der Waals surface area contributed by atoms with Crippen molar-refractivity contribution < 1.29 is 8.42 Å². The highest BCUT2D eigenvalue weighted by Crippen LogP contribution is 2.36. The van der Waals surface area contributed by atoms with Crippen LogP contribution < -0.4 is 0 Å². The van der Waals surface area contributed by atoms with Gasteiger partial charge in [-0.25, -0.2) is 13.4 Å². The molecule has 158 valence electrons. The third-order valence-electron chi connectivity index (χ3n) is 6.30. The topological polar surface area (TPSA) is 53.5 Å². The van der Waals surface area contributed by atoms with E-state index < -0.39 is 10.0 Å². The third-order valence-corrected chi connectivity index (χ3v) is 9.50. The van der Waals surface area contributed by atoms with Crippen LogP contribution in [0.3, 0.4) is 0 Å². The Kier molecular flexibility index (Phi) is 6.06. The van der Waals surface area contributed by atoms with Crippen LogP contribution in [0.4, 0.5) is 0 Å². The molecule has 0 radical (unpaired) electrons. The number of sulfonamides is 1. The number of aromatic nitrogens is 1. The van der Waals surface area contributed by atoms with Crippen LogP contribution in [0, 0.1) is 32.6 Å². The van der Waals surface area contributed by atoms with Crippen molar-refractivity contribution in [2.24, 2.45) is 11.8 Å². The molecule has 1 aromatic heterocycles. The van der Waals surface area contributed by atoms with Gasteiger partial charge in [0.05, 0.1) is 15.6 Å². The fourth-order valence-electron chi connectivity index (χ4n) is 4.59. The van der Waals surface area contributed by atoms with Crippen molar-refractivity contribution in [2.75, 3.05) is 26.2 Å². The molecule has 0 N–H and O–H groups in total. The summed E-state index contributed by atoms with van der Waals surface area (Å²) in [6.45, 7) is 9.87. The first-order valence-electron chi connectivity index (χ1n) is 10.1.